The van der Waals surface area contributed by atoms with Crippen LogP contribution in [0.1, 0.15) is 64.2 Å². The Balaban J connectivity index is 1.57. The zero-order valence-corrected chi connectivity index (χ0v) is 12.4. The first-order chi connectivity index (χ1) is 9.90. The molecule has 2 aliphatic carbocycles. The number of ether oxygens (including phenoxy) is 2. The van der Waals surface area contributed by atoms with Crippen LogP contribution in [0.5, 0.6) is 11.5 Å². The van der Waals surface area contributed by atoms with Crippen LogP contribution >= 0.6 is 0 Å². The number of rotatable bonds is 4. The van der Waals surface area contributed by atoms with Gasteiger partial charge in [-0.25, -0.2) is 0 Å². The van der Waals surface area contributed by atoms with E-state index >= 15 is 0 Å². The van der Waals surface area contributed by atoms with E-state index in [1.165, 1.54) is 64.2 Å². The van der Waals surface area contributed by atoms with Crippen molar-refractivity contribution >= 4 is 0 Å². The third-order valence-electron chi connectivity index (χ3n) is 4.52. The van der Waals surface area contributed by atoms with Crippen molar-refractivity contribution in [1.82, 2.24) is 0 Å². The Hall–Kier alpha value is -1.18. The fourth-order valence-electron chi connectivity index (χ4n) is 3.37. The molecule has 2 aliphatic rings. The minimum absolute atomic E-state index is 0.411. The van der Waals surface area contributed by atoms with Crippen molar-refractivity contribution in [1.29, 1.82) is 0 Å². The fourth-order valence-corrected chi connectivity index (χ4v) is 3.37. The molecule has 0 N–H and O–H groups in total. The lowest BCUT2D eigenvalue weighted by Gasteiger charge is -2.25. The smallest absolute Gasteiger partial charge is 0.123 e. The second-order valence-electron chi connectivity index (χ2n) is 6.23. The first-order valence-corrected chi connectivity index (χ1v) is 8.33. The second kappa shape index (κ2) is 7.01. The SMILES string of the molecule is c1cc(OC2CCCCC2)cc(OC2CCCCC2)c1. The Morgan fingerprint density at radius 1 is 0.650 bits per heavy atom. The highest BCUT2D eigenvalue weighted by molar-refractivity contribution is 5.33. The molecule has 20 heavy (non-hydrogen) atoms. The monoisotopic (exact) mass is 274 g/mol. The molecular weight excluding hydrogens is 248 g/mol. The van der Waals surface area contributed by atoms with Crippen molar-refractivity contribution in [3.63, 3.8) is 0 Å². The van der Waals surface area contributed by atoms with Gasteiger partial charge in [0.1, 0.15) is 11.5 Å². The molecular formula is C18H26O2. The Kier molecular flexibility index (Phi) is 4.83. The molecule has 0 bridgehead atoms. The average Bonchev–Trinajstić information content (AvgIpc) is 2.50. The summed E-state index contributed by atoms with van der Waals surface area (Å²) in [6.07, 6.45) is 13.6. The molecule has 0 spiro atoms. The van der Waals surface area contributed by atoms with Gasteiger partial charge in [0.25, 0.3) is 0 Å². The molecule has 0 atom stereocenters. The molecule has 0 radical (unpaired) electrons. The highest BCUT2D eigenvalue weighted by Crippen LogP contribution is 2.28. The molecule has 1 aromatic rings. The predicted molar refractivity (Wildman–Crippen MR) is 81.4 cm³/mol. The summed E-state index contributed by atoms with van der Waals surface area (Å²) < 4.78 is 12.2. The Labute approximate surface area is 122 Å². The van der Waals surface area contributed by atoms with E-state index in [9.17, 15) is 0 Å². The predicted octanol–water partition coefficient (Wildman–Crippen LogP) is 5.11. The van der Waals surface area contributed by atoms with Gasteiger partial charge in [0, 0.05) is 6.07 Å². The molecule has 0 heterocycles. The molecule has 0 amide bonds. The van der Waals surface area contributed by atoms with Crippen molar-refractivity contribution in [3.05, 3.63) is 24.3 Å². The molecule has 3 rings (SSSR count). The first-order valence-electron chi connectivity index (χ1n) is 8.33. The number of hydrogen-bond donors (Lipinski definition) is 0. The molecule has 0 aliphatic heterocycles. The third kappa shape index (κ3) is 3.91. The van der Waals surface area contributed by atoms with Crippen LogP contribution in [-0.2, 0) is 0 Å². The summed E-state index contributed by atoms with van der Waals surface area (Å²) in [6, 6.07) is 8.24. The van der Waals surface area contributed by atoms with E-state index in [2.05, 4.69) is 24.3 Å². The maximum Gasteiger partial charge on any atom is 0.123 e. The Morgan fingerprint density at radius 2 is 1.10 bits per heavy atom. The van der Waals surface area contributed by atoms with Gasteiger partial charge in [0.2, 0.25) is 0 Å². The van der Waals surface area contributed by atoms with E-state index in [4.69, 9.17) is 9.47 Å². The summed E-state index contributed by atoms with van der Waals surface area (Å²) in [6.45, 7) is 0. The van der Waals surface area contributed by atoms with Crippen LogP contribution in [0.3, 0.4) is 0 Å². The molecule has 2 fully saturated rings. The standard InChI is InChI=1S/C18H26O2/c1-3-8-15(9-4-1)19-17-12-7-13-18(14-17)20-16-10-5-2-6-11-16/h7,12-16H,1-6,8-11H2. The summed E-state index contributed by atoms with van der Waals surface area (Å²) in [5.74, 6) is 1.95. The van der Waals surface area contributed by atoms with E-state index in [0.717, 1.165) is 11.5 Å². The van der Waals surface area contributed by atoms with E-state index < -0.39 is 0 Å². The Bertz CT molecular complexity index is 368. The van der Waals surface area contributed by atoms with Crippen LogP contribution in [0.2, 0.25) is 0 Å². The van der Waals surface area contributed by atoms with Crippen LogP contribution < -0.4 is 9.47 Å². The molecule has 0 unspecified atom stereocenters. The van der Waals surface area contributed by atoms with Crippen molar-refractivity contribution in [2.75, 3.05) is 0 Å². The first kappa shape index (κ1) is 13.8. The molecule has 2 nitrogen and oxygen atoms in total. The van der Waals surface area contributed by atoms with Gasteiger partial charge < -0.3 is 9.47 Å². The highest BCUT2D eigenvalue weighted by Gasteiger charge is 2.17. The van der Waals surface area contributed by atoms with E-state index in [1.54, 1.807) is 0 Å². The summed E-state index contributed by atoms with van der Waals surface area (Å²) in [7, 11) is 0. The maximum absolute atomic E-state index is 6.11. The minimum atomic E-state index is 0.411. The highest BCUT2D eigenvalue weighted by atomic mass is 16.5. The molecule has 1 aromatic carbocycles. The van der Waals surface area contributed by atoms with Crippen molar-refractivity contribution in [3.8, 4) is 11.5 Å². The molecule has 2 saturated carbocycles. The maximum atomic E-state index is 6.11. The van der Waals surface area contributed by atoms with Crippen molar-refractivity contribution in [2.24, 2.45) is 0 Å². The van der Waals surface area contributed by atoms with Gasteiger partial charge in [-0.15, -0.1) is 0 Å². The van der Waals surface area contributed by atoms with Gasteiger partial charge in [-0.3, -0.25) is 0 Å². The van der Waals surface area contributed by atoms with Crippen molar-refractivity contribution in [2.45, 2.75) is 76.4 Å². The number of hydrogen-bond acceptors (Lipinski definition) is 2. The van der Waals surface area contributed by atoms with Crippen LogP contribution in [-0.4, -0.2) is 12.2 Å². The van der Waals surface area contributed by atoms with Crippen LogP contribution in [0.25, 0.3) is 0 Å². The number of benzene rings is 1. The van der Waals surface area contributed by atoms with Gasteiger partial charge in [0.15, 0.2) is 0 Å². The van der Waals surface area contributed by atoms with Gasteiger partial charge in [-0.2, -0.15) is 0 Å². The zero-order valence-electron chi connectivity index (χ0n) is 12.4. The van der Waals surface area contributed by atoms with Gasteiger partial charge >= 0.3 is 0 Å². The fraction of sp³-hybridized carbons (Fsp3) is 0.667. The van der Waals surface area contributed by atoms with Gasteiger partial charge in [-0.05, 0) is 63.5 Å². The third-order valence-corrected chi connectivity index (χ3v) is 4.52. The van der Waals surface area contributed by atoms with Gasteiger partial charge in [0.05, 0.1) is 12.2 Å². The molecule has 110 valence electrons. The largest absolute Gasteiger partial charge is 0.490 e. The van der Waals surface area contributed by atoms with Crippen molar-refractivity contribution < 1.29 is 9.47 Å². The minimum Gasteiger partial charge on any atom is -0.490 e. The van der Waals surface area contributed by atoms with Crippen LogP contribution in [0.15, 0.2) is 24.3 Å². The Morgan fingerprint density at radius 3 is 1.55 bits per heavy atom. The zero-order chi connectivity index (χ0) is 13.6. The molecule has 2 heteroatoms. The summed E-state index contributed by atoms with van der Waals surface area (Å²) in [5.41, 5.74) is 0. The quantitative estimate of drug-likeness (QED) is 0.759. The molecule has 0 aromatic heterocycles. The molecule has 0 saturated heterocycles. The lowest BCUT2D eigenvalue weighted by Crippen LogP contribution is -2.20. The average molecular weight is 274 g/mol. The summed E-state index contributed by atoms with van der Waals surface area (Å²) in [5, 5.41) is 0. The van der Waals surface area contributed by atoms with E-state index in [-0.39, 0.29) is 0 Å². The lowest BCUT2D eigenvalue weighted by atomic mass is 9.97. The van der Waals surface area contributed by atoms with Gasteiger partial charge in [-0.1, -0.05) is 18.9 Å². The topological polar surface area (TPSA) is 18.5 Å². The normalized spacial score (nSPS) is 21.6. The summed E-state index contributed by atoms with van der Waals surface area (Å²) >= 11 is 0. The van der Waals surface area contributed by atoms with Crippen LogP contribution in [0.4, 0.5) is 0 Å². The van der Waals surface area contributed by atoms with E-state index in [0.29, 0.717) is 12.2 Å². The van der Waals surface area contributed by atoms with E-state index in [1.807, 2.05) is 0 Å². The lowest BCUT2D eigenvalue weighted by molar-refractivity contribution is 0.146. The summed E-state index contributed by atoms with van der Waals surface area (Å²) in [4.78, 5) is 0. The second-order valence-corrected chi connectivity index (χ2v) is 6.23. The van der Waals surface area contributed by atoms with Crippen LogP contribution in [0, 0.1) is 0 Å².